The van der Waals surface area contributed by atoms with Crippen molar-refractivity contribution in [2.75, 3.05) is 48.8 Å². The van der Waals surface area contributed by atoms with E-state index in [1.807, 2.05) is 23.1 Å². The van der Waals surface area contributed by atoms with Crippen molar-refractivity contribution < 1.29 is 22.7 Å². The van der Waals surface area contributed by atoms with E-state index in [0.29, 0.717) is 41.5 Å². The largest absolute Gasteiger partial charge is 0.497 e. The predicted octanol–water partition coefficient (Wildman–Crippen LogP) is 7.56. The highest BCUT2D eigenvalue weighted by Crippen LogP contribution is 2.39. The quantitative estimate of drug-likeness (QED) is 0.138. The van der Waals surface area contributed by atoms with Gasteiger partial charge in [0.1, 0.15) is 34.8 Å². The molecular weight excluding hydrogens is 736 g/mol. The first-order valence-corrected chi connectivity index (χ1v) is 19.9. The molecule has 7 rings (SSSR count). The Morgan fingerprint density at radius 2 is 1.61 bits per heavy atom. The number of pyridine rings is 2. The second-order valence-electron chi connectivity index (χ2n) is 15.8. The number of aromatic nitrogens is 6. The van der Waals surface area contributed by atoms with Crippen LogP contribution < -0.4 is 25.6 Å². The number of alkyl halides is 3. The van der Waals surface area contributed by atoms with Crippen LogP contribution in [0.5, 0.6) is 5.75 Å². The molecule has 1 amide bonds. The number of piperidine rings is 2. The van der Waals surface area contributed by atoms with Crippen LogP contribution in [0.3, 0.4) is 0 Å². The summed E-state index contributed by atoms with van der Waals surface area (Å²) in [5.41, 5.74) is 0.939. The lowest BCUT2D eigenvalue weighted by atomic mass is 9.78. The third-order valence-electron chi connectivity index (χ3n) is 11.6. The van der Waals surface area contributed by atoms with Gasteiger partial charge in [-0.1, -0.05) is 6.92 Å². The molecule has 3 saturated heterocycles. The number of nitrogens with one attached hydrogen (secondary N) is 3. The molecule has 3 aliphatic heterocycles. The molecule has 3 N–H and O–H groups in total. The summed E-state index contributed by atoms with van der Waals surface area (Å²) < 4.78 is 46.3. The molecule has 16 heteroatoms. The third-order valence-corrected chi connectivity index (χ3v) is 11.6. The van der Waals surface area contributed by atoms with Crippen LogP contribution in [0.2, 0.25) is 0 Å². The van der Waals surface area contributed by atoms with E-state index < -0.39 is 11.7 Å². The first kappa shape index (κ1) is 40.1. The van der Waals surface area contributed by atoms with Gasteiger partial charge in [0, 0.05) is 80.4 Å². The summed E-state index contributed by atoms with van der Waals surface area (Å²) in [6.45, 7) is 11.0. The maximum absolute atomic E-state index is 13.6. The van der Waals surface area contributed by atoms with E-state index in [0.717, 1.165) is 87.9 Å². The highest BCUT2D eigenvalue weighted by molar-refractivity contribution is 5.73. The Kier molecular flexibility index (Phi) is 12.1. The Hall–Kier alpha value is -5.12. The molecule has 304 valence electrons. The Morgan fingerprint density at radius 3 is 2.33 bits per heavy atom. The molecule has 3 aliphatic rings. The summed E-state index contributed by atoms with van der Waals surface area (Å²) in [4.78, 5) is 45.4. The van der Waals surface area contributed by atoms with Crippen LogP contribution in [0.4, 0.5) is 42.4 Å². The molecule has 4 aromatic rings. The van der Waals surface area contributed by atoms with Gasteiger partial charge < -0.3 is 30.5 Å². The molecule has 6 unspecified atom stereocenters. The van der Waals surface area contributed by atoms with Gasteiger partial charge in [-0.15, -0.1) is 0 Å². The minimum Gasteiger partial charge on any atom is -0.497 e. The minimum absolute atomic E-state index is 0.0305. The molecule has 0 bridgehead atoms. The molecule has 0 spiro atoms. The number of methoxy groups -OCH3 is 1. The number of anilines is 5. The summed E-state index contributed by atoms with van der Waals surface area (Å²) in [5, 5.41) is 10.0. The number of likely N-dealkylation sites (tertiary alicyclic amines) is 1. The van der Waals surface area contributed by atoms with Gasteiger partial charge in [-0.25, -0.2) is 24.9 Å². The lowest BCUT2D eigenvalue weighted by Crippen LogP contribution is -2.38. The standard InChI is InChI=1S/C41H52F3N11O2/c1-24(39-48-33(28-7-6-16-54(23-28)27(4)56)20-37(52-39)51-36-19-31(57-5)11-15-47-36)17-29-22-45-13-12-32(29)34-21-38(50-35-18-30(10-14-46-35)41(42,43)44)53-40(49-34)55-25(2)8-9-26(55)3/h10-11,14-15,18-21,24-26,28-29,32,45H,6-9,12-13,16-17,22-23H2,1-5H3,(H,46,49,50,53)(H,47,48,51,52). The zero-order valence-corrected chi connectivity index (χ0v) is 33.2. The summed E-state index contributed by atoms with van der Waals surface area (Å²) in [6, 6.07) is 9.82. The van der Waals surface area contributed by atoms with Crippen molar-refractivity contribution in [2.45, 2.75) is 102 Å². The fraction of sp³-hybridized carbons (Fsp3) is 0.537. The molecule has 0 aliphatic carbocycles. The van der Waals surface area contributed by atoms with E-state index in [2.05, 4.69) is 51.6 Å². The first-order chi connectivity index (χ1) is 27.3. The number of ether oxygens (including phenoxy) is 1. The van der Waals surface area contributed by atoms with Gasteiger partial charge >= 0.3 is 6.18 Å². The molecule has 0 saturated carbocycles. The van der Waals surface area contributed by atoms with E-state index in [-0.39, 0.29) is 47.5 Å². The van der Waals surface area contributed by atoms with Gasteiger partial charge in [-0.3, -0.25) is 4.79 Å². The number of hydrogen-bond donors (Lipinski definition) is 3. The SMILES string of the molecule is COc1ccnc(Nc2cc(C3CCCN(C(C)=O)C3)nc(C(C)CC3CNCCC3c3cc(Nc4cc(C(F)(F)F)ccn4)nc(N4C(C)CCC4C)n3)n2)c1. The average Bonchev–Trinajstić information content (AvgIpc) is 3.54. The Morgan fingerprint density at radius 1 is 0.912 bits per heavy atom. The Labute approximate surface area is 331 Å². The molecule has 4 aromatic heterocycles. The monoisotopic (exact) mass is 787 g/mol. The fourth-order valence-electron chi connectivity index (χ4n) is 8.56. The van der Waals surface area contributed by atoms with Gasteiger partial charge in [0.15, 0.2) is 0 Å². The maximum Gasteiger partial charge on any atom is 0.416 e. The third kappa shape index (κ3) is 9.54. The normalized spacial score (nSPS) is 23.3. The predicted molar refractivity (Wildman–Crippen MR) is 212 cm³/mol. The maximum atomic E-state index is 13.6. The van der Waals surface area contributed by atoms with Gasteiger partial charge in [0.25, 0.3) is 0 Å². The van der Waals surface area contributed by atoms with Crippen LogP contribution in [-0.2, 0) is 11.0 Å². The van der Waals surface area contributed by atoms with Crippen LogP contribution >= 0.6 is 0 Å². The first-order valence-electron chi connectivity index (χ1n) is 19.9. The summed E-state index contributed by atoms with van der Waals surface area (Å²) in [6.07, 6.45) is 3.70. The van der Waals surface area contributed by atoms with Crippen molar-refractivity contribution in [2.24, 2.45) is 5.92 Å². The van der Waals surface area contributed by atoms with Gasteiger partial charge in [0.05, 0.1) is 24.1 Å². The van der Waals surface area contributed by atoms with E-state index >= 15 is 0 Å². The summed E-state index contributed by atoms with van der Waals surface area (Å²) in [5.74, 6) is 3.84. The average molecular weight is 788 g/mol. The van der Waals surface area contributed by atoms with Crippen LogP contribution in [-0.4, -0.2) is 86.1 Å². The topological polar surface area (TPSA) is 146 Å². The van der Waals surface area contributed by atoms with Gasteiger partial charge in [-0.05, 0) is 89.6 Å². The highest BCUT2D eigenvalue weighted by Gasteiger charge is 2.35. The number of halogens is 3. The van der Waals surface area contributed by atoms with Gasteiger partial charge in [0.2, 0.25) is 11.9 Å². The molecule has 6 atom stereocenters. The van der Waals surface area contributed by atoms with E-state index in [4.69, 9.17) is 24.7 Å². The molecule has 0 radical (unpaired) electrons. The number of amides is 1. The van der Waals surface area contributed by atoms with Crippen molar-refractivity contribution in [3.8, 4) is 5.75 Å². The second kappa shape index (κ2) is 17.2. The molecule has 0 aromatic carbocycles. The van der Waals surface area contributed by atoms with Gasteiger partial charge in [-0.2, -0.15) is 18.2 Å². The Balaban J connectivity index is 1.20. The molecular formula is C41H52F3N11O2. The van der Waals surface area contributed by atoms with Crippen molar-refractivity contribution in [1.82, 2.24) is 40.1 Å². The molecule has 57 heavy (non-hydrogen) atoms. The minimum atomic E-state index is -4.50. The van der Waals surface area contributed by atoms with E-state index in [9.17, 15) is 18.0 Å². The number of carbonyl (C=O) groups is 1. The fourth-order valence-corrected chi connectivity index (χ4v) is 8.56. The molecule has 3 fully saturated rings. The lowest BCUT2D eigenvalue weighted by molar-refractivity contribution is -0.137. The van der Waals surface area contributed by atoms with Crippen molar-refractivity contribution in [3.63, 3.8) is 0 Å². The van der Waals surface area contributed by atoms with Crippen LogP contribution in [0.25, 0.3) is 0 Å². The molecule has 13 nitrogen and oxygen atoms in total. The lowest BCUT2D eigenvalue weighted by Gasteiger charge is -2.35. The van der Waals surface area contributed by atoms with E-state index in [1.165, 1.54) is 0 Å². The van der Waals surface area contributed by atoms with Crippen LogP contribution in [0.15, 0.2) is 48.8 Å². The number of hydrogen-bond acceptors (Lipinski definition) is 12. The number of rotatable bonds is 11. The van der Waals surface area contributed by atoms with Crippen LogP contribution in [0.1, 0.15) is 107 Å². The van der Waals surface area contributed by atoms with Crippen molar-refractivity contribution in [3.05, 3.63) is 71.6 Å². The zero-order chi connectivity index (χ0) is 40.3. The number of carbonyl (C=O) groups excluding carboxylic acids is 1. The number of nitrogens with zero attached hydrogens (tertiary/aromatic N) is 8. The summed E-state index contributed by atoms with van der Waals surface area (Å²) >= 11 is 0. The van der Waals surface area contributed by atoms with Crippen LogP contribution in [0, 0.1) is 5.92 Å². The highest BCUT2D eigenvalue weighted by atomic mass is 19.4. The summed E-state index contributed by atoms with van der Waals surface area (Å²) in [7, 11) is 1.61. The smallest absolute Gasteiger partial charge is 0.416 e. The second-order valence-corrected chi connectivity index (χ2v) is 15.8. The molecule has 7 heterocycles. The zero-order valence-electron chi connectivity index (χ0n) is 33.2. The van der Waals surface area contributed by atoms with Crippen molar-refractivity contribution >= 4 is 35.1 Å². The van der Waals surface area contributed by atoms with Crippen molar-refractivity contribution in [1.29, 1.82) is 0 Å². The Bertz CT molecular complexity index is 2020. The van der Waals surface area contributed by atoms with E-state index in [1.54, 1.807) is 26.3 Å².